The van der Waals surface area contributed by atoms with Gasteiger partial charge in [-0.05, 0) is 49.2 Å². The third-order valence-electron chi connectivity index (χ3n) is 4.75. The van der Waals surface area contributed by atoms with Crippen molar-refractivity contribution >= 4 is 22.7 Å². The molecule has 4 rings (SSSR count). The summed E-state index contributed by atoms with van der Waals surface area (Å²) in [5.74, 6) is 1.29. The smallest absolute Gasteiger partial charge is 0.149 e. The van der Waals surface area contributed by atoms with Gasteiger partial charge in [-0.2, -0.15) is 5.26 Å². The highest BCUT2D eigenvalue weighted by atomic mass is 16.5. The zero-order chi connectivity index (χ0) is 20.2. The molecule has 0 spiro atoms. The van der Waals surface area contributed by atoms with Crippen molar-refractivity contribution < 1.29 is 4.74 Å². The summed E-state index contributed by atoms with van der Waals surface area (Å²) in [6.45, 7) is 4.56. The van der Waals surface area contributed by atoms with Gasteiger partial charge in [0.25, 0.3) is 0 Å². The first-order valence-corrected chi connectivity index (χ1v) is 9.48. The molecular weight excluding hydrogens is 358 g/mol. The number of imidazole rings is 1. The van der Waals surface area contributed by atoms with Gasteiger partial charge in [0.15, 0.2) is 0 Å². The minimum absolute atomic E-state index is 0.463. The maximum absolute atomic E-state index is 9.73. The van der Waals surface area contributed by atoms with Crippen LogP contribution in [0.4, 0.5) is 0 Å². The fourth-order valence-corrected chi connectivity index (χ4v) is 3.14. The minimum Gasteiger partial charge on any atom is -0.488 e. The van der Waals surface area contributed by atoms with E-state index in [1.807, 2.05) is 55.5 Å². The van der Waals surface area contributed by atoms with E-state index >= 15 is 0 Å². The Morgan fingerprint density at radius 1 is 1.03 bits per heavy atom. The molecule has 0 unspecified atom stereocenters. The van der Waals surface area contributed by atoms with E-state index in [4.69, 9.17) is 4.74 Å². The van der Waals surface area contributed by atoms with E-state index in [-0.39, 0.29) is 0 Å². The van der Waals surface area contributed by atoms with Crippen LogP contribution < -0.4 is 4.74 Å². The number of ether oxygens (including phenoxy) is 1. The average Bonchev–Trinajstić information content (AvgIpc) is 3.15. The summed E-state index contributed by atoms with van der Waals surface area (Å²) in [6.07, 6.45) is 1.81. The molecule has 0 fully saturated rings. The van der Waals surface area contributed by atoms with Gasteiger partial charge < -0.3 is 9.72 Å². The molecule has 1 heterocycles. The summed E-state index contributed by atoms with van der Waals surface area (Å²) in [7, 11) is 0. The Kier molecular flexibility index (Phi) is 5.13. The van der Waals surface area contributed by atoms with Crippen molar-refractivity contribution in [2.24, 2.45) is 0 Å². The van der Waals surface area contributed by atoms with Crippen LogP contribution in [0.5, 0.6) is 5.75 Å². The van der Waals surface area contributed by atoms with Gasteiger partial charge in [0.2, 0.25) is 0 Å². The van der Waals surface area contributed by atoms with Crippen molar-refractivity contribution in [3.05, 3.63) is 94.8 Å². The molecule has 0 aliphatic rings. The first kappa shape index (κ1) is 18.5. The summed E-state index contributed by atoms with van der Waals surface area (Å²) in [6, 6.07) is 24.2. The third kappa shape index (κ3) is 4.20. The molecule has 0 atom stereocenters. The molecule has 0 aliphatic carbocycles. The van der Waals surface area contributed by atoms with Gasteiger partial charge in [-0.3, -0.25) is 0 Å². The molecule has 142 valence electrons. The van der Waals surface area contributed by atoms with Crippen LogP contribution in [0.15, 0.2) is 66.7 Å². The lowest BCUT2D eigenvalue weighted by Crippen LogP contribution is -1.97. The van der Waals surface area contributed by atoms with Crippen molar-refractivity contribution in [2.45, 2.75) is 20.5 Å². The Morgan fingerprint density at radius 2 is 1.79 bits per heavy atom. The zero-order valence-corrected chi connectivity index (χ0v) is 16.4. The first-order chi connectivity index (χ1) is 14.1. The number of H-pyrrole nitrogens is 1. The second-order valence-electron chi connectivity index (χ2n) is 7.09. The quantitative estimate of drug-likeness (QED) is 0.444. The zero-order valence-electron chi connectivity index (χ0n) is 16.4. The Labute approximate surface area is 170 Å². The van der Waals surface area contributed by atoms with Gasteiger partial charge in [-0.1, -0.05) is 54.1 Å². The first-order valence-electron chi connectivity index (χ1n) is 9.48. The molecule has 0 bridgehead atoms. The molecular formula is C25H21N3O. The SMILES string of the molecule is Cc1ccc(COc2ccccc2C=C(C#N)c2nc3ccc(C)cc3[nH]2)cc1. The molecule has 4 heteroatoms. The van der Waals surface area contributed by atoms with Gasteiger partial charge >= 0.3 is 0 Å². The number of para-hydroxylation sites is 1. The van der Waals surface area contributed by atoms with Crippen LogP contribution in [0, 0.1) is 25.2 Å². The molecule has 3 aromatic carbocycles. The van der Waals surface area contributed by atoms with Crippen LogP contribution >= 0.6 is 0 Å². The molecule has 0 radical (unpaired) electrons. The highest BCUT2D eigenvalue weighted by molar-refractivity contribution is 5.91. The summed E-state index contributed by atoms with van der Waals surface area (Å²) >= 11 is 0. The highest BCUT2D eigenvalue weighted by Crippen LogP contribution is 2.26. The number of rotatable bonds is 5. The van der Waals surface area contributed by atoms with Crippen molar-refractivity contribution in [2.75, 3.05) is 0 Å². The van der Waals surface area contributed by atoms with Crippen molar-refractivity contribution in [1.29, 1.82) is 5.26 Å². The highest BCUT2D eigenvalue weighted by Gasteiger charge is 2.10. The number of hydrogen-bond acceptors (Lipinski definition) is 3. The molecule has 4 nitrogen and oxygen atoms in total. The molecule has 0 saturated heterocycles. The fourth-order valence-electron chi connectivity index (χ4n) is 3.14. The number of hydrogen-bond donors (Lipinski definition) is 1. The Hall–Kier alpha value is -3.84. The Balaban J connectivity index is 1.63. The van der Waals surface area contributed by atoms with E-state index in [0.717, 1.165) is 33.5 Å². The van der Waals surface area contributed by atoms with E-state index in [1.54, 1.807) is 0 Å². The van der Waals surface area contributed by atoms with Gasteiger partial charge in [0, 0.05) is 5.56 Å². The second-order valence-corrected chi connectivity index (χ2v) is 7.09. The maximum atomic E-state index is 9.73. The lowest BCUT2D eigenvalue weighted by atomic mass is 10.1. The topological polar surface area (TPSA) is 61.7 Å². The number of allylic oxidation sites excluding steroid dienone is 1. The Morgan fingerprint density at radius 3 is 2.59 bits per heavy atom. The van der Waals surface area contributed by atoms with Crippen molar-refractivity contribution in [3.8, 4) is 11.8 Å². The number of nitriles is 1. The van der Waals surface area contributed by atoms with Crippen molar-refractivity contribution in [1.82, 2.24) is 9.97 Å². The largest absolute Gasteiger partial charge is 0.488 e. The summed E-state index contributed by atoms with van der Waals surface area (Å²) < 4.78 is 6.03. The third-order valence-corrected chi connectivity index (χ3v) is 4.75. The summed E-state index contributed by atoms with van der Waals surface area (Å²) in [4.78, 5) is 7.81. The molecule has 1 aromatic heterocycles. The lowest BCUT2D eigenvalue weighted by molar-refractivity contribution is 0.305. The number of aromatic nitrogens is 2. The second kappa shape index (κ2) is 8.04. The number of aryl methyl sites for hydroxylation is 2. The van der Waals surface area contributed by atoms with Crippen LogP contribution in [0.1, 0.15) is 28.1 Å². The molecule has 1 N–H and O–H groups in total. The van der Waals surface area contributed by atoms with Gasteiger partial charge in [0.1, 0.15) is 24.3 Å². The van der Waals surface area contributed by atoms with Crippen LogP contribution in [0.3, 0.4) is 0 Å². The lowest BCUT2D eigenvalue weighted by Gasteiger charge is -2.10. The van der Waals surface area contributed by atoms with Gasteiger partial charge in [-0.15, -0.1) is 0 Å². The summed E-state index contributed by atoms with van der Waals surface area (Å²) in [5.41, 5.74) is 6.53. The van der Waals surface area contributed by atoms with Crippen LogP contribution in [0.2, 0.25) is 0 Å². The van der Waals surface area contributed by atoms with Crippen LogP contribution in [-0.4, -0.2) is 9.97 Å². The Bertz CT molecular complexity index is 1230. The molecule has 0 saturated carbocycles. The normalized spacial score (nSPS) is 11.4. The number of nitrogens with one attached hydrogen (secondary N) is 1. The maximum Gasteiger partial charge on any atom is 0.149 e. The standard InChI is InChI=1S/C25H21N3O/c1-17-7-10-19(11-8-17)16-29-24-6-4-3-5-20(24)14-21(15-26)25-27-22-12-9-18(2)13-23(22)28-25/h3-14H,16H2,1-2H3,(H,27,28). The molecule has 0 amide bonds. The number of nitrogens with zero attached hydrogens (tertiary/aromatic N) is 2. The number of benzene rings is 3. The minimum atomic E-state index is 0.463. The average molecular weight is 379 g/mol. The summed E-state index contributed by atoms with van der Waals surface area (Å²) in [5, 5.41) is 9.73. The van der Waals surface area contributed by atoms with E-state index in [0.29, 0.717) is 18.0 Å². The predicted molar refractivity (Wildman–Crippen MR) is 116 cm³/mol. The number of aromatic amines is 1. The van der Waals surface area contributed by atoms with Crippen LogP contribution in [0.25, 0.3) is 22.7 Å². The predicted octanol–water partition coefficient (Wildman–Crippen LogP) is 5.82. The van der Waals surface area contributed by atoms with E-state index in [9.17, 15) is 5.26 Å². The number of fused-ring (bicyclic) bond motifs is 1. The van der Waals surface area contributed by atoms with E-state index in [1.165, 1.54) is 5.56 Å². The van der Waals surface area contributed by atoms with E-state index < -0.39 is 0 Å². The van der Waals surface area contributed by atoms with Crippen molar-refractivity contribution in [3.63, 3.8) is 0 Å². The monoisotopic (exact) mass is 379 g/mol. The van der Waals surface area contributed by atoms with Gasteiger partial charge in [0.05, 0.1) is 16.6 Å². The molecule has 29 heavy (non-hydrogen) atoms. The van der Waals surface area contributed by atoms with Crippen LogP contribution in [-0.2, 0) is 6.61 Å². The molecule has 0 aliphatic heterocycles. The van der Waals surface area contributed by atoms with Gasteiger partial charge in [-0.25, -0.2) is 4.98 Å². The fraction of sp³-hybridized carbons (Fsp3) is 0.120. The van der Waals surface area contributed by atoms with E-state index in [2.05, 4.69) is 47.2 Å². The molecule has 4 aromatic rings.